The molecule has 1 aliphatic rings. The topological polar surface area (TPSA) is 41.1 Å². The molecule has 0 bridgehead atoms. The largest absolute Gasteiger partial charge is 0.382 e. The van der Waals surface area contributed by atoms with Crippen molar-refractivity contribution in [2.75, 3.05) is 11.9 Å². The predicted octanol–water partition coefficient (Wildman–Crippen LogP) is 2.28. The third-order valence-corrected chi connectivity index (χ3v) is 3.24. The van der Waals surface area contributed by atoms with Gasteiger partial charge in [-0.1, -0.05) is 0 Å². The van der Waals surface area contributed by atoms with E-state index in [2.05, 4.69) is 26.6 Å². The molecule has 1 aliphatic heterocycles. The fourth-order valence-corrected chi connectivity index (χ4v) is 2.08. The molecule has 1 saturated heterocycles. The van der Waals surface area contributed by atoms with Crippen molar-refractivity contribution in [2.24, 2.45) is 0 Å². The molecule has 1 atom stereocenters. The van der Waals surface area contributed by atoms with Crippen molar-refractivity contribution in [3.05, 3.63) is 28.5 Å². The van der Waals surface area contributed by atoms with Gasteiger partial charge in [0.05, 0.1) is 5.69 Å². The first kappa shape index (κ1) is 11.4. The van der Waals surface area contributed by atoms with Crippen LogP contribution in [0.4, 0.5) is 10.1 Å². The zero-order valence-electron chi connectivity index (χ0n) is 8.59. The highest BCUT2D eigenvalue weighted by Gasteiger charge is 2.20. The lowest BCUT2D eigenvalue weighted by Gasteiger charge is -2.13. The number of rotatable bonds is 3. The van der Waals surface area contributed by atoms with E-state index in [4.69, 9.17) is 0 Å². The maximum Gasteiger partial charge on any atom is 0.220 e. The van der Waals surface area contributed by atoms with E-state index in [-0.39, 0.29) is 17.8 Å². The van der Waals surface area contributed by atoms with Crippen LogP contribution in [0.1, 0.15) is 12.8 Å². The molecular formula is C11H12BrFN2O. The lowest BCUT2D eigenvalue weighted by molar-refractivity contribution is -0.119. The van der Waals surface area contributed by atoms with Crippen LogP contribution < -0.4 is 10.6 Å². The molecule has 1 fully saturated rings. The van der Waals surface area contributed by atoms with Gasteiger partial charge in [0.1, 0.15) is 5.82 Å². The number of nitrogens with one attached hydrogen (secondary N) is 2. The van der Waals surface area contributed by atoms with E-state index < -0.39 is 0 Å². The van der Waals surface area contributed by atoms with Crippen LogP contribution in [0, 0.1) is 5.82 Å². The van der Waals surface area contributed by atoms with Crippen molar-refractivity contribution in [1.29, 1.82) is 0 Å². The Bertz CT molecular complexity index is 411. The van der Waals surface area contributed by atoms with E-state index in [1.807, 2.05) is 0 Å². The third kappa shape index (κ3) is 2.72. The van der Waals surface area contributed by atoms with Gasteiger partial charge in [0.25, 0.3) is 0 Å². The summed E-state index contributed by atoms with van der Waals surface area (Å²) in [7, 11) is 0. The van der Waals surface area contributed by atoms with E-state index in [1.165, 1.54) is 12.1 Å². The Balaban J connectivity index is 1.94. The van der Waals surface area contributed by atoms with E-state index in [0.29, 0.717) is 18.7 Å². The van der Waals surface area contributed by atoms with Crippen LogP contribution in [0.3, 0.4) is 0 Å². The summed E-state index contributed by atoms with van der Waals surface area (Å²) in [5.74, 6) is -0.189. The van der Waals surface area contributed by atoms with Crippen LogP contribution in [0.15, 0.2) is 22.7 Å². The predicted molar refractivity (Wildman–Crippen MR) is 63.8 cm³/mol. The molecule has 0 radical (unpaired) electrons. The molecule has 3 nitrogen and oxygen atoms in total. The average Bonchev–Trinajstić information content (AvgIpc) is 2.66. The van der Waals surface area contributed by atoms with Crippen LogP contribution in [0.5, 0.6) is 0 Å². The van der Waals surface area contributed by atoms with Crippen molar-refractivity contribution < 1.29 is 9.18 Å². The van der Waals surface area contributed by atoms with Gasteiger partial charge in [0.15, 0.2) is 0 Å². The van der Waals surface area contributed by atoms with E-state index in [9.17, 15) is 9.18 Å². The molecular weight excluding hydrogens is 275 g/mol. The monoisotopic (exact) mass is 286 g/mol. The summed E-state index contributed by atoms with van der Waals surface area (Å²) in [6, 6.07) is 4.63. The van der Waals surface area contributed by atoms with Gasteiger partial charge < -0.3 is 10.6 Å². The third-order valence-electron chi connectivity index (χ3n) is 2.55. The SMILES string of the molecule is O=C1CCC(CNc2cc(F)ccc2Br)N1. The smallest absolute Gasteiger partial charge is 0.220 e. The van der Waals surface area contributed by atoms with Gasteiger partial charge in [0, 0.05) is 23.5 Å². The van der Waals surface area contributed by atoms with Crippen molar-refractivity contribution >= 4 is 27.5 Å². The normalized spacial score (nSPS) is 19.6. The maximum absolute atomic E-state index is 13.0. The second-order valence-corrected chi connectivity index (χ2v) is 4.66. The van der Waals surface area contributed by atoms with Crippen molar-refractivity contribution in [2.45, 2.75) is 18.9 Å². The first-order valence-corrected chi connectivity index (χ1v) is 5.93. The number of anilines is 1. The highest BCUT2D eigenvalue weighted by Crippen LogP contribution is 2.23. The van der Waals surface area contributed by atoms with Crippen LogP contribution in [0.25, 0.3) is 0 Å². The Morgan fingerprint density at radius 2 is 2.38 bits per heavy atom. The van der Waals surface area contributed by atoms with Gasteiger partial charge in [-0.05, 0) is 40.5 Å². The molecule has 1 unspecified atom stereocenters. The number of halogens is 2. The summed E-state index contributed by atoms with van der Waals surface area (Å²) in [5, 5.41) is 5.96. The van der Waals surface area contributed by atoms with Crippen molar-refractivity contribution in [1.82, 2.24) is 5.32 Å². The molecule has 16 heavy (non-hydrogen) atoms. The van der Waals surface area contributed by atoms with Crippen molar-refractivity contribution in [3.8, 4) is 0 Å². The maximum atomic E-state index is 13.0. The molecule has 1 aromatic carbocycles. The number of benzene rings is 1. The Morgan fingerprint density at radius 1 is 1.56 bits per heavy atom. The van der Waals surface area contributed by atoms with Gasteiger partial charge >= 0.3 is 0 Å². The average molecular weight is 287 g/mol. The summed E-state index contributed by atoms with van der Waals surface area (Å²) >= 11 is 3.34. The minimum atomic E-state index is -0.277. The minimum absolute atomic E-state index is 0.0881. The lowest BCUT2D eigenvalue weighted by atomic mass is 10.2. The van der Waals surface area contributed by atoms with Crippen LogP contribution in [0.2, 0.25) is 0 Å². The molecule has 86 valence electrons. The second-order valence-electron chi connectivity index (χ2n) is 3.81. The molecule has 1 aromatic rings. The Kier molecular flexibility index (Phi) is 3.43. The van der Waals surface area contributed by atoms with Gasteiger partial charge in [-0.2, -0.15) is 0 Å². The summed E-state index contributed by atoms with van der Waals surface area (Å²) in [6.45, 7) is 0.619. The summed E-state index contributed by atoms with van der Waals surface area (Å²) in [4.78, 5) is 11.0. The van der Waals surface area contributed by atoms with Gasteiger partial charge in [0.2, 0.25) is 5.91 Å². The zero-order valence-corrected chi connectivity index (χ0v) is 10.2. The van der Waals surface area contributed by atoms with Gasteiger partial charge in [-0.15, -0.1) is 0 Å². The minimum Gasteiger partial charge on any atom is -0.382 e. The molecule has 0 aromatic heterocycles. The highest BCUT2D eigenvalue weighted by atomic mass is 79.9. The summed E-state index contributed by atoms with van der Waals surface area (Å²) < 4.78 is 13.8. The van der Waals surface area contributed by atoms with Gasteiger partial charge in [-0.3, -0.25) is 4.79 Å². The molecule has 5 heteroatoms. The molecule has 1 heterocycles. The number of amides is 1. The van der Waals surface area contributed by atoms with Crippen LogP contribution in [-0.4, -0.2) is 18.5 Å². The van der Waals surface area contributed by atoms with E-state index in [1.54, 1.807) is 6.07 Å². The number of carbonyl (C=O) groups excluding carboxylic acids is 1. The molecule has 2 N–H and O–H groups in total. The fourth-order valence-electron chi connectivity index (χ4n) is 1.70. The Hall–Kier alpha value is -1.10. The van der Waals surface area contributed by atoms with E-state index >= 15 is 0 Å². The Morgan fingerprint density at radius 3 is 3.06 bits per heavy atom. The van der Waals surface area contributed by atoms with Crippen molar-refractivity contribution in [3.63, 3.8) is 0 Å². The second kappa shape index (κ2) is 4.82. The Labute approximate surface area is 102 Å². The quantitative estimate of drug-likeness (QED) is 0.895. The van der Waals surface area contributed by atoms with Crippen LogP contribution >= 0.6 is 15.9 Å². The fraction of sp³-hybridized carbons (Fsp3) is 0.364. The first-order chi connectivity index (χ1) is 7.65. The zero-order chi connectivity index (χ0) is 11.5. The number of hydrogen-bond donors (Lipinski definition) is 2. The molecule has 0 aliphatic carbocycles. The van der Waals surface area contributed by atoms with Gasteiger partial charge in [-0.25, -0.2) is 4.39 Å². The standard InChI is InChI=1S/C11H12BrFN2O/c12-9-3-1-7(13)5-10(9)14-6-8-2-4-11(16)15-8/h1,3,5,8,14H,2,4,6H2,(H,15,16). The molecule has 2 rings (SSSR count). The highest BCUT2D eigenvalue weighted by molar-refractivity contribution is 9.10. The van der Waals surface area contributed by atoms with E-state index in [0.717, 1.165) is 10.9 Å². The lowest BCUT2D eigenvalue weighted by Crippen LogP contribution is -2.31. The summed E-state index contributed by atoms with van der Waals surface area (Å²) in [5.41, 5.74) is 0.709. The number of hydrogen-bond acceptors (Lipinski definition) is 2. The molecule has 0 saturated carbocycles. The summed E-state index contributed by atoms with van der Waals surface area (Å²) in [6.07, 6.45) is 1.41. The molecule has 0 spiro atoms. The molecule has 1 amide bonds. The first-order valence-electron chi connectivity index (χ1n) is 5.13. The van der Waals surface area contributed by atoms with Crippen LogP contribution in [-0.2, 0) is 4.79 Å². The number of carbonyl (C=O) groups is 1.